The van der Waals surface area contributed by atoms with Crippen LogP contribution < -0.4 is 0 Å². The van der Waals surface area contributed by atoms with Crippen molar-refractivity contribution >= 4 is 0 Å². The number of likely N-dealkylation sites (tertiary alicyclic amines) is 4. The molecule has 6 rings (SSSR count). The monoisotopic (exact) mass is 673 g/mol. The third-order valence-corrected chi connectivity index (χ3v) is 12.6. The minimum absolute atomic E-state index is 0.331. The van der Waals surface area contributed by atoms with Crippen LogP contribution in [0.5, 0.6) is 0 Å². The van der Waals surface area contributed by atoms with Gasteiger partial charge in [-0.25, -0.2) is 0 Å². The van der Waals surface area contributed by atoms with Gasteiger partial charge in [-0.3, -0.25) is 29.4 Å². The van der Waals surface area contributed by atoms with Crippen LogP contribution in [0.2, 0.25) is 0 Å². The fraction of sp³-hybridized carbons (Fsp3) is 1.00. The summed E-state index contributed by atoms with van der Waals surface area (Å²) in [6, 6.07) is 4.74. The van der Waals surface area contributed by atoms with Crippen LogP contribution in [0.25, 0.3) is 0 Å². The fourth-order valence-corrected chi connectivity index (χ4v) is 10.6. The van der Waals surface area contributed by atoms with E-state index < -0.39 is 0 Å². The molecule has 0 aliphatic carbocycles. The Morgan fingerprint density at radius 3 is 0.833 bits per heavy atom. The molecule has 6 fully saturated rings. The second kappa shape index (κ2) is 14.0. The number of fused-ring (bicyclic) bond motifs is 6. The highest BCUT2D eigenvalue weighted by molar-refractivity contribution is 5.06. The predicted molar refractivity (Wildman–Crippen MR) is 209 cm³/mol. The Bertz CT molecular complexity index is 989. The van der Waals surface area contributed by atoms with Crippen LogP contribution in [-0.4, -0.2) is 138 Å². The molecule has 6 heteroatoms. The molecule has 6 bridgehead atoms. The molecule has 0 amide bonds. The summed E-state index contributed by atoms with van der Waals surface area (Å²) in [5, 5.41) is 0. The average Bonchev–Trinajstić information content (AvgIpc) is 3.58. The van der Waals surface area contributed by atoms with Crippen LogP contribution in [0, 0.1) is 0 Å². The van der Waals surface area contributed by atoms with Gasteiger partial charge in [0.2, 0.25) is 0 Å². The quantitative estimate of drug-likeness (QED) is 0.257. The summed E-state index contributed by atoms with van der Waals surface area (Å²) >= 11 is 0. The van der Waals surface area contributed by atoms with Crippen molar-refractivity contribution in [1.82, 2.24) is 29.4 Å². The van der Waals surface area contributed by atoms with Gasteiger partial charge in [-0.15, -0.1) is 0 Å². The molecular weight excluding hydrogens is 589 g/mol. The Labute approximate surface area is 300 Å². The lowest BCUT2D eigenvalue weighted by atomic mass is 9.84. The molecular formula is C42H84N6. The molecule has 0 aromatic rings. The molecule has 6 saturated heterocycles. The van der Waals surface area contributed by atoms with E-state index in [1.54, 1.807) is 0 Å². The molecule has 6 unspecified atom stereocenters. The Morgan fingerprint density at radius 1 is 0.312 bits per heavy atom. The standard InChI is InChI=1S/C15H30N2.C14H28N2.C13H26N2/c1-14(2,3)16-10-12-8-7-9-13(11-16)17(12)15(4,5)6;1-13(2,3)15-9-11-7-8-12(10-15)16(11)14(4,5)6;1-12(2,3)14-8-11-7-10(14)9-15(11)13(4,5)6/h12-13H,7-11H2,1-6H3;11-12H,7-10H2,1-6H3;10-11H,7-9H2,1-6H3. The van der Waals surface area contributed by atoms with Crippen molar-refractivity contribution < 1.29 is 0 Å². The molecule has 6 nitrogen and oxygen atoms in total. The Kier molecular flexibility index (Phi) is 11.8. The topological polar surface area (TPSA) is 19.4 Å². The van der Waals surface area contributed by atoms with Crippen molar-refractivity contribution in [2.75, 3.05) is 39.3 Å². The van der Waals surface area contributed by atoms with Gasteiger partial charge in [0.05, 0.1) is 0 Å². The summed E-state index contributed by atoms with van der Waals surface area (Å²) in [6.07, 6.45) is 8.39. The van der Waals surface area contributed by atoms with E-state index in [4.69, 9.17) is 0 Å². The largest absolute Gasteiger partial charge is 0.295 e. The third-order valence-electron chi connectivity index (χ3n) is 12.6. The van der Waals surface area contributed by atoms with E-state index in [-0.39, 0.29) is 0 Å². The molecule has 6 heterocycles. The lowest BCUT2D eigenvalue weighted by Gasteiger charge is -2.58. The molecule has 48 heavy (non-hydrogen) atoms. The molecule has 6 atom stereocenters. The zero-order valence-electron chi connectivity index (χ0n) is 35.6. The average molecular weight is 673 g/mol. The number of hydrogen-bond donors (Lipinski definition) is 0. The molecule has 0 saturated carbocycles. The molecule has 0 radical (unpaired) electrons. The highest BCUT2D eigenvalue weighted by atomic mass is 15.4. The van der Waals surface area contributed by atoms with Crippen molar-refractivity contribution in [1.29, 1.82) is 0 Å². The second-order valence-corrected chi connectivity index (χ2v) is 22.6. The van der Waals surface area contributed by atoms with Crippen LogP contribution in [-0.2, 0) is 0 Å². The van der Waals surface area contributed by atoms with E-state index in [0.29, 0.717) is 33.2 Å². The summed E-state index contributed by atoms with van der Waals surface area (Å²) in [5.74, 6) is 0. The van der Waals surface area contributed by atoms with Crippen molar-refractivity contribution in [3.8, 4) is 0 Å². The maximum Gasteiger partial charge on any atom is 0.0244 e. The Morgan fingerprint density at radius 2 is 0.604 bits per heavy atom. The van der Waals surface area contributed by atoms with Gasteiger partial charge in [-0.1, -0.05) is 6.42 Å². The van der Waals surface area contributed by atoms with E-state index in [2.05, 4.69) is 154 Å². The minimum Gasteiger partial charge on any atom is -0.295 e. The normalized spacial score (nSPS) is 33.4. The first-order valence-corrected chi connectivity index (χ1v) is 20.2. The highest BCUT2D eigenvalue weighted by Gasteiger charge is 2.50. The van der Waals surface area contributed by atoms with Crippen LogP contribution in [0.15, 0.2) is 0 Å². The van der Waals surface area contributed by atoms with E-state index >= 15 is 0 Å². The van der Waals surface area contributed by atoms with Gasteiger partial charge in [0.25, 0.3) is 0 Å². The van der Waals surface area contributed by atoms with Gasteiger partial charge in [-0.2, -0.15) is 0 Å². The number of piperazine rings is 3. The minimum atomic E-state index is 0.331. The summed E-state index contributed by atoms with van der Waals surface area (Å²) < 4.78 is 0. The SMILES string of the molecule is CC(C)(C)N1CC2CC1CN2C(C)(C)C.CC(C)(C)N1CC2CCC(C1)N2C(C)(C)C.CC(C)(C)N1CC2CCCC(C1)N2C(C)(C)C. The van der Waals surface area contributed by atoms with E-state index in [1.165, 1.54) is 77.8 Å². The van der Waals surface area contributed by atoms with Crippen molar-refractivity contribution in [2.45, 2.75) is 233 Å². The van der Waals surface area contributed by atoms with Crippen molar-refractivity contribution in [3.05, 3.63) is 0 Å². The van der Waals surface area contributed by atoms with Gasteiger partial charge < -0.3 is 0 Å². The van der Waals surface area contributed by atoms with Gasteiger partial charge >= 0.3 is 0 Å². The van der Waals surface area contributed by atoms with Crippen LogP contribution in [0.4, 0.5) is 0 Å². The maximum atomic E-state index is 2.80. The summed E-state index contributed by atoms with van der Waals surface area (Å²) in [4.78, 5) is 16.3. The molecule has 6 aliphatic rings. The van der Waals surface area contributed by atoms with Crippen LogP contribution in [0.3, 0.4) is 0 Å². The maximum absolute atomic E-state index is 2.80. The van der Waals surface area contributed by atoms with Gasteiger partial charge in [0.15, 0.2) is 0 Å². The van der Waals surface area contributed by atoms with Crippen molar-refractivity contribution in [3.63, 3.8) is 0 Å². The zero-order chi connectivity index (χ0) is 36.4. The van der Waals surface area contributed by atoms with Gasteiger partial charge in [-0.05, 0) is 157 Å². The molecule has 282 valence electrons. The van der Waals surface area contributed by atoms with Crippen molar-refractivity contribution in [2.24, 2.45) is 0 Å². The molecule has 0 aromatic carbocycles. The van der Waals surface area contributed by atoms with Crippen LogP contribution in [0.1, 0.15) is 163 Å². The first kappa shape index (κ1) is 40.5. The zero-order valence-corrected chi connectivity index (χ0v) is 35.6. The first-order valence-electron chi connectivity index (χ1n) is 20.2. The lowest BCUT2D eigenvalue weighted by molar-refractivity contribution is -0.0846. The number of rotatable bonds is 0. The smallest absolute Gasteiger partial charge is 0.0244 e. The number of piperidine rings is 1. The fourth-order valence-electron chi connectivity index (χ4n) is 10.6. The summed E-state index contributed by atoms with van der Waals surface area (Å²) in [6.45, 7) is 50.0. The summed E-state index contributed by atoms with van der Waals surface area (Å²) in [5.41, 5.74) is 2.05. The van der Waals surface area contributed by atoms with E-state index in [1.807, 2.05) is 0 Å². The molecule has 0 N–H and O–H groups in total. The highest BCUT2D eigenvalue weighted by Crippen LogP contribution is 2.40. The number of hydrogen-bond acceptors (Lipinski definition) is 6. The Hall–Kier alpha value is -0.240. The first-order chi connectivity index (χ1) is 21.6. The number of nitrogens with zero attached hydrogens (tertiary/aromatic N) is 6. The third kappa shape index (κ3) is 9.40. The molecule has 0 aromatic heterocycles. The van der Waals surface area contributed by atoms with E-state index in [0.717, 1.165) is 36.3 Å². The predicted octanol–water partition coefficient (Wildman–Crippen LogP) is 8.20. The van der Waals surface area contributed by atoms with Gasteiger partial charge in [0, 0.05) is 109 Å². The lowest BCUT2D eigenvalue weighted by Crippen LogP contribution is -2.68. The van der Waals surface area contributed by atoms with Crippen LogP contribution >= 0.6 is 0 Å². The summed E-state index contributed by atoms with van der Waals surface area (Å²) in [7, 11) is 0. The van der Waals surface area contributed by atoms with Gasteiger partial charge in [0.1, 0.15) is 0 Å². The molecule has 0 spiro atoms. The van der Waals surface area contributed by atoms with E-state index in [9.17, 15) is 0 Å². The Balaban J connectivity index is 0.000000163. The molecule has 6 aliphatic heterocycles. The second-order valence-electron chi connectivity index (χ2n) is 22.6.